The van der Waals surface area contributed by atoms with Gasteiger partial charge in [0.2, 0.25) is 0 Å². The molecule has 0 aromatic heterocycles. The average molecular weight is 153 g/mol. The second-order valence-corrected chi connectivity index (χ2v) is 3.34. The molecule has 0 spiro atoms. The van der Waals surface area contributed by atoms with Crippen LogP contribution in [0.1, 0.15) is 39.0 Å². The molecule has 0 aromatic carbocycles. The molecule has 1 fully saturated rings. The zero-order valence-electron chi connectivity index (χ0n) is 7.60. The van der Waals surface area contributed by atoms with Crippen LogP contribution < -0.4 is 0 Å². The lowest BCUT2D eigenvalue weighted by molar-refractivity contribution is 0.257. The Hall–Kier alpha value is -0.0400. The van der Waals surface area contributed by atoms with Crippen LogP contribution >= 0.6 is 0 Å². The molecule has 1 saturated heterocycles. The van der Waals surface area contributed by atoms with Gasteiger partial charge >= 0.3 is 0 Å². The number of hydrogen-bond acceptors (Lipinski definition) is 1. The molecule has 1 rings (SSSR count). The molecular formula is C10H19N. The van der Waals surface area contributed by atoms with Crippen molar-refractivity contribution in [3.05, 3.63) is 6.42 Å². The number of unbranched alkanes of at least 4 members (excludes halogenated alkanes) is 2. The normalized spacial score (nSPS) is 20.5. The van der Waals surface area contributed by atoms with Gasteiger partial charge in [-0.15, -0.1) is 0 Å². The van der Waals surface area contributed by atoms with Crippen LogP contribution in [0, 0.1) is 6.42 Å². The first-order chi connectivity index (χ1) is 5.43. The van der Waals surface area contributed by atoms with Crippen LogP contribution in [0.5, 0.6) is 0 Å². The van der Waals surface area contributed by atoms with Crippen LogP contribution in [0.15, 0.2) is 0 Å². The summed E-state index contributed by atoms with van der Waals surface area (Å²) in [6.45, 7) is 5.97. The smallest absolute Gasteiger partial charge is 0.00500 e. The minimum absolute atomic E-state index is 1.11. The van der Waals surface area contributed by atoms with E-state index >= 15 is 0 Å². The minimum Gasteiger partial charge on any atom is -0.303 e. The van der Waals surface area contributed by atoms with Crippen LogP contribution in [0.25, 0.3) is 0 Å². The van der Waals surface area contributed by atoms with Gasteiger partial charge in [0.1, 0.15) is 0 Å². The maximum Gasteiger partial charge on any atom is 0.00500 e. The second kappa shape index (κ2) is 5.59. The molecule has 0 unspecified atom stereocenters. The predicted octanol–water partition coefficient (Wildman–Crippen LogP) is 2.35. The highest BCUT2D eigenvalue weighted by Gasteiger charge is 2.08. The maximum atomic E-state index is 3.39. The third kappa shape index (κ3) is 3.76. The number of piperidine rings is 1. The Kier molecular flexibility index (Phi) is 4.60. The number of rotatable bonds is 4. The van der Waals surface area contributed by atoms with E-state index in [1.165, 1.54) is 45.2 Å². The van der Waals surface area contributed by atoms with Gasteiger partial charge in [-0.1, -0.05) is 19.8 Å². The van der Waals surface area contributed by atoms with Crippen molar-refractivity contribution in [1.82, 2.24) is 4.90 Å². The molecule has 1 aliphatic rings. The lowest BCUT2D eigenvalue weighted by Crippen LogP contribution is -2.30. The number of likely N-dealkylation sites (tertiary alicyclic amines) is 1. The molecule has 0 aromatic rings. The fourth-order valence-corrected chi connectivity index (χ4v) is 1.52. The lowest BCUT2D eigenvalue weighted by Gasteiger charge is -2.25. The number of nitrogens with zero attached hydrogens (tertiary/aromatic N) is 1. The largest absolute Gasteiger partial charge is 0.303 e. The molecule has 0 aliphatic carbocycles. The van der Waals surface area contributed by atoms with Gasteiger partial charge in [-0.25, -0.2) is 0 Å². The second-order valence-electron chi connectivity index (χ2n) is 3.34. The highest BCUT2D eigenvalue weighted by Crippen LogP contribution is 2.08. The van der Waals surface area contributed by atoms with Crippen molar-refractivity contribution in [2.75, 3.05) is 19.6 Å². The fourth-order valence-electron chi connectivity index (χ4n) is 1.52. The first-order valence-corrected chi connectivity index (χ1v) is 4.86. The topological polar surface area (TPSA) is 3.24 Å². The summed E-state index contributed by atoms with van der Waals surface area (Å²) in [5.41, 5.74) is 0. The van der Waals surface area contributed by atoms with Crippen molar-refractivity contribution in [1.29, 1.82) is 0 Å². The minimum atomic E-state index is 1.11. The van der Waals surface area contributed by atoms with Crippen LogP contribution in [0.3, 0.4) is 0 Å². The summed E-state index contributed by atoms with van der Waals surface area (Å²) in [4.78, 5) is 2.51. The molecule has 1 aliphatic heterocycles. The zero-order chi connectivity index (χ0) is 7.94. The molecule has 0 saturated carbocycles. The molecule has 0 N–H and O–H groups in total. The van der Waals surface area contributed by atoms with Gasteiger partial charge in [0.25, 0.3) is 0 Å². The van der Waals surface area contributed by atoms with Gasteiger partial charge in [0, 0.05) is 6.54 Å². The van der Waals surface area contributed by atoms with E-state index in [4.69, 9.17) is 0 Å². The first kappa shape index (κ1) is 9.05. The Morgan fingerprint density at radius 1 is 1.36 bits per heavy atom. The molecule has 0 atom stereocenters. The van der Waals surface area contributed by atoms with Crippen LogP contribution in [-0.4, -0.2) is 24.5 Å². The standard InChI is InChI=1S/C10H19N/c1-2-3-5-8-11-9-6-4-7-10-11/h2-6,8-10H2,1H3. The third-order valence-electron chi connectivity index (χ3n) is 2.24. The summed E-state index contributed by atoms with van der Waals surface area (Å²) in [6, 6.07) is 0. The van der Waals surface area contributed by atoms with Crippen molar-refractivity contribution < 1.29 is 0 Å². The molecule has 1 heteroatoms. The Balaban J connectivity index is 1.96. The van der Waals surface area contributed by atoms with Gasteiger partial charge < -0.3 is 4.90 Å². The molecular weight excluding hydrogens is 134 g/mol. The molecule has 1 nitrogen and oxygen atoms in total. The highest BCUT2D eigenvalue weighted by molar-refractivity contribution is 4.77. The van der Waals surface area contributed by atoms with E-state index in [0.717, 1.165) is 6.54 Å². The summed E-state index contributed by atoms with van der Waals surface area (Å²) < 4.78 is 0. The van der Waals surface area contributed by atoms with Gasteiger partial charge in [0.05, 0.1) is 0 Å². The van der Waals surface area contributed by atoms with Crippen LogP contribution in [0.4, 0.5) is 0 Å². The summed E-state index contributed by atoms with van der Waals surface area (Å²) in [6.07, 6.45) is 10.0. The van der Waals surface area contributed by atoms with Gasteiger partial charge in [-0.2, -0.15) is 0 Å². The SMILES string of the molecule is CCCCCN1C[C]CCC1. The van der Waals surface area contributed by atoms with E-state index in [1.807, 2.05) is 0 Å². The third-order valence-corrected chi connectivity index (χ3v) is 2.24. The molecule has 0 amide bonds. The van der Waals surface area contributed by atoms with E-state index in [2.05, 4.69) is 18.2 Å². The van der Waals surface area contributed by atoms with E-state index in [1.54, 1.807) is 0 Å². The summed E-state index contributed by atoms with van der Waals surface area (Å²) in [7, 11) is 0. The van der Waals surface area contributed by atoms with Crippen LogP contribution in [-0.2, 0) is 0 Å². The van der Waals surface area contributed by atoms with E-state index in [-0.39, 0.29) is 0 Å². The molecule has 0 bridgehead atoms. The van der Waals surface area contributed by atoms with E-state index in [9.17, 15) is 0 Å². The predicted molar refractivity (Wildman–Crippen MR) is 48.4 cm³/mol. The van der Waals surface area contributed by atoms with Gasteiger partial charge in [0.15, 0.2) is 0 Å². The Bertz CT molecular complexity index is 84.9. The van der Waals surface area contributed by atoms with E-state index in [0.29, 0.717) is 0 Å². The Morgan fingerprint density at radius 3 is 2.91 bits per heavy atom. The van der Waals surface area contributed by atoms with Crippen molar-refractivity contribution in [2.24, 2.45) is 0 Å². The summed E-state index contributed by atoms with van der Waals surface area (Å²) in [5, 5.41) is 0. The maximum absolute atomic E-state index is 3.39. The first-order valence-electron chi connectivity index (χ1n) is 4.86. The highest BCUT2D eigenvalue weighted by atomic mass is 15.1. The molecule has 11 heavy (non-hydrogen) atoms. The average Bonchev–Trinajstić information content (AvgIpc) is 2.07. The quantitative estimate of drug-likeness (QED) is 0.560. The van der Waals surface area contributed by atoms with Gasteiger partial charge in [-0.3, -0.25) is 0 Å². The summed E-state index contributed by atoms with van der Waals surface area (Å²) >= 11 is 0. The molecule has 2 radical (unpaired) electrons. The zero-order valence-corrected chi connectivity index (χ0v) is 7.60. The Labute approximate surface area is 70.8 Å². The summed E-state index contributed by atoms with van der Waals surface area (Å²) in [5.74, 6) is 0. The molecule has 64 valence electrons. The Morgan fingerprint density at radius 2 is 2.27 bits per heavy atom. The molecule has 1 heterocycles. The lowest BCUT2D eigenvalue weighted by atomic mass is 10.1. The monoisotopic (exact) mass is 153 g/mol. The van der Waals surface area contributed by atoms with Gasteiger partial charge in [-0.05, 0) is 38.8 Å². The fraction of sp³-hybridized carbons (Fsp3) is 0.900. The van der Waals surface area contributed by atoms with Crippen molar-refractivity contribution in [3.8, 4) is 0 Å². The van der Waals surface area contributed by atoms with Crippen molar-refractivity contribution in [2.45, 2.75) is 39.0 Å². The van der Waals surface area contributed by atoms with Crippen molar-refractivity contribution >= 4 is 0 Å². The van der Waals surface area contributed by atoms with Crippen LogP contribution in [0.2, 0.25) is 0 Å². The number of hydrogen-bond donors (Lipinski definition) is 0. The van der Waals surface area contributed by atoms with E-state index < -0.39 is 0 Å². The van der Waals surface area contributed by atoms with Crippen molar-refractivity contribution in [3.63, 3.8) is 0 Å².